The second-order valence-electron chi connectivity index (χ2n) is 13.3. The molecule has 46 heavy (non-hydrogen) atoms. The van der Waals surface area contributed by atoms with Crippen molar-refractivity contribution in [2.75, 3.05) is 24.6 Å². The van der Waals surface area contributed by atoms with Crippen LogP contribution in [-0.2, 0) is 19.1 Å². The number of benzene rings is 2. The third-order valence-electron chi connectivity index (χ3n) is 11.1. The summed E-state index contributed by atoms with van der Waals surface area (Å²) in [6, 6.07) is 17.1. The fraction of sp³-hybridized carbons (Fsp3) is 0.500. The van der Waals surface area contributed by atoms with Gasteiger partial charge in [0.2, 0.25) is 17.7 Å². The molecule has 1 spiro atoms. The van der Waals surface area contributed by atoms with E-state index < -0.39 is 35.1 Å². The molecule has 6 rings (SSSR count). The molecular weight excluding hydrogens is 578 g/mol. The monoisotopic (exact) mass is 625 g/mol. The smallest absolute Gasteiger partial charge is 0.248 e. The van der Waals surface area contributed by atoms with Crippen molar-refractivity contribution in [3.8, 4) is 0 Å². The van der Waals surface area contributed by atoms with Gasteiger partial charge in [0.05, 0.1) is 30.1 Å². The number of para-hydroxylation sites is 1. The van der Waals surface area contributed by atoms with E-state index >= 15 is 9.59 Å². The average molecular weight is 626 g/mol. The number of nitrogens with zero attached hydrogens (tertiary/aromatic N) is 3. The van der Waals surface area contributed by atoms with Gasteiger partial charge in [-0.3, -0.25) is 14.4 Å². The summed E-state index contributed by atoms with van der Waals surface area (Å²) in [6.45, 7) is 10.2. The van der Waals surface area contributed by atoms with Gasteiger partial charge in [0, 0.05) is 24.8 Å². The maximum Gasteiger partial charge on any atom is 0.248 e. The number of amides is 3. The van der Waals surface area contributed by atoms with Crippen LogP contribution in [0.4, 0.5) is 5.69 Å². The first kappa shape index (κ1) is 32.2. The van der Waals surface area contributed by atoms with Crippen LogP contribution in [0.5, 0.6) is 0 Å². The molecule has 2 aromatic rings. The lowest BCUT2D eigenvalue weighted by molar-refractivity contribution is -0.158. The van der Waals surface area contributed by atoms with Crippen molar-refractivity contribution in [2.45, 2.75) is 87.6 Å². The quantitative estimate of drug-likeness (QED) is 0.317. The predicted molar refractivity (Wildman–Crippen MR) is 178 cm³/mol. The highest BCUT2D eigenvalue weighted by Gasteiger charge is 2.79. The SMILES string of the molecule is C=CCN(C(=O)[C@@H]1[C@H]2C(=O)N([C@H](CO)c3ccccc3)C(C(=O)N(CC=C)C3CCCCC3)C23CC[C@@]1(CC)O3)c1ccccc1. The normalized spacial score (nSPS) is 29.3. The van der Waals surface area contributed by atoms with Crippen molar-refractivity contribution in [3.05, 3.63) is 91.5 Å². The molecule has 244 valence electrons. The Balaban J connectivity index is 1.49. The first-order valence-corrected chi connectivity index (χ1v) is 16.9. The summed E-state index contributed by atoms with van der Waals surface area (Å²) in [5.41, 5.74) is -0.624. The second kappa shape index (κ2) is 13.2. The molecule has 6 atom stereocenters. The third-order valence-corrected chi connectivity index (χ3v) is 11.1. The third kappa shape index (κ3) is 5.10. The summed E-state index contributed by atoms with van der Waals surface area (Å²) >= 11 is 0. The lowest BCUT2D eigenvalue weighted by atomic mass is 9.64. The summed E-state index contributed by atoms with van der Waals surface area (Å²) in [5, 5.41) is 10.9. The predicted octanol–water partition coefficient (Wildman–Crippen LogP) is 5.44. The molecule has 3 amide bonds. The minimum atomic E-state index is -1.20. The van der Waals surface area contributed by atoms with Gasteiger partial charge in [-0.2, -0.15) is 0 Å². The lowest BCUT2D eigenvalue weighted by Crippen LogP contribution is -2.59. The van der Waals surface area contributed by atoms with E-state index in [4.69, 9.17) is 4.74 Å². The van der Waals surface area contributed by atoms with E-state index in [1.54, 1.807) is 22.0 Å². The summed E-state index contributed by atoms with van der Waals surface area (Å²) in [6.07, 6.45) is 10.1. The van der Waals surface area contributed by atoms with Gasteiger partial charge in [-0.15, -0.1) is 13.2 Å². The summed E-state index contributed by atoms with van der Waals surface area (Å²) in [4.78, 5) is 50.2. The van der Waals surface area contributed by atoms with Crippen molar-refractivity contribution in [1.82, 2.24) is 9.80 Å². The number of carbonyl (C=O) groups is 3. The Hall–Kier alpha value is -3.75. The van der Waals surface area contributed by atoms with Crippen molar-refractivity contribution in [3.63, 3.8) is 0 Å². The fourth-order valence-electron chi connectivity index (χ4n) is 9.01. The molecular formula is C38H47N3O5. The van der Waals surface area contributed by atoms with Crippen LogP contribution < -0.4 is 4.90 Å². The molecule has 3 aliphatic heterocycles. The van der Waals surface area contributed by atoms with Crippen molar-refractivity contribution in [1.29, 1.82) is 0 Å². The Morgan fingerprint density at radius 3 is 2.24 bits per heavy atom. The Labute approximate surface area is 272 Å². The molecule has 8 heteroatoms. The number of hydrogen-bond donors (Lipinski definition) is 1. The molecule has 1 saturated carbocycles. The van der Waals surface area contributed by atoms with Gasteiger partial charge < -0.3 is 24.5 Å². The van der Waals surface area contributed by atoms with Gasteiger partial charge >= 0.3 is 0 Å². The van der Waals surface area contributed by atoms with Gasteiger partial charge in [0.25, 0.3) is 0 Å². The number of rotatable bonds is 12. The molecule has 3 heterocycles. The largest absolute Gasteiger partial charge is 0.394 e. The molecule has 3 saturated heterocycles. The number of ether oxygens (including phenoxy) is 1. The average Bonchev–Trinajstić information content (AvgIpc) is 3.71. The van der Waals surface area contributed by atoms with Crippen molar-refractivity contribution < 1.29 is 24.2 Å². The van der Waals surface area contributed by atoms with Crippen molar-refractivity contribution in [2.24, 2.45) is 11.8 Å². The Morgan fingerprint density at radius 2 is 1.63 bits per heavy atom. The van der Waals surface area contributed by atoms with Gasteiger partial charge in [0.1, 0.15) is 11.6 Å². The lowest BCUT2D eigenvalue weighted by Gasteiger charge is -2.42. The van der Waals surface area contributed by atoms with E-state index in [1.807, 2.05) is 72.5 Å². The molecule has 1 aliphatic carbocycles. The Kier molecular flexibility index (Phi) is 9.22. The molecule has 4 aliphatic rings. The fourth-order valence-corrected chi connectivity index (χ4v) is 9.01. The number of aliphatic hydroxyl groups excluding tert-OH is 1. The topological polar surface area (TPSA) is 90.4 Å². The number of anilines is 1. The van der Waals surface area contributed by atoms with Crippen LogP contribution in [0.3, 0.4) is 0 Å². The van der Waals surface area contributed by atoms with E-state index in [1.165, 1.54) is 0 Å². The zero-order valence-electron chi connectivity index (χ0n) is 26.9. The highest BCUT2D eigenvalue weighted by molar-refractivity contribution is 6.03. The first-order chi connectivity index (χ1) is 22.4. The molecule has 2 unspecified atom stereocenters. The maximum atomic E-state index is 15.1. The maximum absolute atomic E-state index is 15.1. The van der Waals surface area contributed by atoms with E-state index in [9.17, 15) is 9.90 Å². The van der Waals surface area contributed by atoms with Gasteiger partial charge in [-0.05, 0) is 49.8 Å². The van der Waals surface area contributed by atoms with Gasteiger partial charge in [-0.25, -0.2) is 0 Å². The van der Waals surface area contributed by atoms with E-state index in [0.29, 0.717) is 25.8 Å². The molecule has 8 nitrogen and oxygen atoms in total. The molecule has 0 aromatic heterocycles. The number of fused-ring (bicyclic) bond motifs is 1. The van der Waals surface area contributed by atoms with E-state index in [0.717, 1.165) is 43.4 Å². The molecule has 2 aromatic carbocycles. The minimum absolute atomic E-state index is 0.0354. The van der Waals surface area contributed by atoms with Crippen LogP contribution in [0.15, 0.2) is 86.0 Å². The highest BCUT2D eigenvalue weighted by Crippen LogP contribution is 2.65. The number of likely N-dealkylation sites (tertiary alicyclic amines) is 1. The van der Waals surface area contributed by atoms with Crippen LogP contribution in [0, 0.1) is 11.8 Å². The van der Waals surface area contributed by atoms with Gasteiger partial charge in [0.15, 0.2) is 0 Å². The molecule has 2 bridgehead atoms. The molecule has 0 radical (unpaired) electrons. The van der Waals surface area contributed by atoms with Crippen LogP contribution in [-0.4, -0.2) is 75.6 Å². The minimum Gasteiger partial charge on any atom is -0.394 e. The summed E-state index contributed by atoms with van der Waals surface area (Å²) in [7, 11) is 0. The number of aliphatic hydroxyl groups is 1. The highest BCUT2D eigenvalue weighted by atomic mass is 16.5. The summed E-state index contributed by atoms with van der Waals surface area (Å²) < 4.78 is 7.11. The van der Waals surface area contributed by atoms with Crippen LogP contribution >= 0.6 is 0 Å². The Morgan fingerprint density at radius 1 is 0.978 bits per heavy atom. The second-order valence-corrected chi connectivity index (χ2v) is 13.3. The van der Waals surface area contributed by atoms with Crippen molar-refractivity contribution >= 4 is 23.4 Å². The number of hydrogen-bond acceptors (Lipinski definition) is 5. The molecule has 4 fully saturated rings. The van der Waals surface area contributed by atoms with Gasteiger partial charge in [-0.1, -0.05) is 86.9 Å². The standard InChI is InChI=1S/C38H47N3O5/c1-4-24-39(28-18-12-8-13-19-28)34(43)31-32-35(44)41(30(26-42)27-16-10-7-11-17-27)33(38(32)23-22-37(31,6-3)46-38)36(45)40(25-5-2)29-20-14-9-15-21-29/h4-5,7-8,10-13,16-19,29-33,42H,1-2,6,9,14-15,20-26H2,3H3/t30-,31+,32+,33?,37-,38?/m1/s1. The zero-order chi connectivity index (χ0) is 32.5. The van der Waals surface area contributed by atoms with Crippen LogP contribution in [0.1, 0.15) is 69.9 Å². The Bertz CT molecular complexity index is 1440. The summed E-state index contributed by atoms with van der Waals surface area (Å²) in [5.74, 6) is -2.34. The van der Waals surface area contributed by atoms with Crippen LogP contribution in [0.2, 0.25) is 0 Å². The van der Waals surface area contributed by atoms with E-state index in [-0.39, 0.29) is 36.9 Å². The number of carbonyl (C=O) groups excluding carboxylic acids is 3. The molecule has 1 N–H and O–H groups in total. The van der Waals surface area contributed by atoms with E-state index in [2.05, 4.69) is 13.2 Å². The first-order valence-electron chi connectivity index (χ1n) is 16.9. The van der Waals surface area contributed by atoms with Crippen LogP contribution in [0.25, 0.3) is 0 Å². The zero-order valence-corrected chi connectivity index (χ0v) is 26.9.